The Morgan fingerprint density at radius 3 is 2.26 bits per heavy atom. The number of anilines is 1. The van der Waals surface area contributed by atoms with Gasteiger partial charge in [0, 0.05) is 66.5 Å². The Labute approximate surface area is 265 Å². The lowest BCUT2D eigenvalue weighted by Crippen LogP contribution is -2.32. The van der Waals surface area contributed by atoms with Crippen LogP contribution in [0.15, 0.2) is 78.3 Å². The van der Waals surface area contributed by atoms with Crippen molar-refractivity contribution in [2.45, 2.75) is 72.5 Å². The lowest BCUT2D eigenvalue weighted by molar-refractivity contribution is -0.137. The summed E-state index contributed by atoms with van der Waals surface area (Å²) in [7, 11) is 1.42. The number of likely N-dealkylation sites (N-methyl/N-ethyl adjacent to an activating group) is 1. The van der Waals surface area contributed by atoms with Crippen molar-refractivity contribution in [1.82, 2.24) is 9.88 Å². The summed E-state index contributed by atoms with van der Waals surface area (Å²) < 4.78 is 97.8. The van der Waals surface area contributed by atoms with Gasteiger partial charge in [0.15, 0.2) is 11.6 Å². The van der Waals surface area contributed by atoms with Gasteiger partial charge in [0.25, 0.3) is 11.8 Å². The minimum absolute atomic E-state index is 0.0244. The molecule has 0 saturated heterocycles. The molecule has 3 rings (SSSR count). The fraction of sp³-hybridized carbons (Fsp3) is 0.371. The number of hydrogen-bond donors (Lipinski definition) is 1. The smallest absolute Gasteiger partial charge is 0.355 e. The van der Waals surface area contributed by atoms with E-state index in [1.807, 2.05) is 20.8 Å². The van der Waals surface area contributed by atoms with E-state index in [0.29, 0.717) is 25.1 Å². The van der Waals surface area contributed by atoms with E-state index in [0.717, 1.165) is 43.3 Å². The van der Waals surface area contributed by atoms with Crippen molar-refractivity contribution >= 4 is 11.6 Å². The molecule has 1 amide bonds. The number of unbranched alkanes of at least 4 members (excludes halogenated alkanes) is 1. The van der Waals surface area contributed by atoms with Crippen LogP contribution < -0.4 is 5.32 Å². The average Bonchev–Trinajstić information content (AvgIpc) is 2.97. The summed E-state index contributed by atoms with van der Waals surface area (Å²) in [6.07, 6.45) is -0.550. The van der Waals surface area contributed by atoms with Gasteiger partial charge in [-0.2, -0.15) is 13.2 Å². The predicted octanol–water partition coefficient (Wildman–Crippen LogP) is 10.3. The fourth-order valence-electron chi connectivity index (χ4n) is 4.98. The number of nitrogens with zero attached hydrogens (tertiary/aromatic N) is 2. The maximum atomic E-state index is 14.5. The van der Waals surface area contributed by atoms with E-state index in [1.54, 1.807) is 6.92 Å². The number of halogens is 7. The van der Waals surface area contributed by atoms with Crippen LogP contribution in [0.25, 0.3) is 11.1 Å². The van der Waals surface area contributed by atoms with Crippen LogP contribution in [0.2, 0.25) is 0 Å². The lowest BCUT2D eigenvalue weighted by Gasteiger charge is -2.31. The molecule has 4 nitrogen and oxygen atoms in total. The van der Waals surface area contributed by atoms with Gasteiger partial charge in [-0.05, 0) is 43.0 Å². The van der Waals surface area contributed by atoms with E-state index < -0.39 is 46.2 Å². The molecule has 0 fully saturated rings. The Hall–Kier alpha value is -4.15. The highest BCUT2D eigenvalue weighted by Gasteiger charge is 2.33. The zero-order valence-corrected chi connectivity index (χ0v) is 26.7. The Morgan fingerprint density at radius 2 is 1.65 bits per heavy atom. The third-order valence-electron chi connectivity index (χ3n) is 8.04. The van der Waals surface area contributed by atoms with Gasteiger partial charge in [-0.1, -0.05) is 64.0 Å². The molecule has 1 aromatic heterocycles. The molecule has 0 aliphatic rings. The Balaban J connectivity index is 2.15. The maximum Gasteiger partial charge on any atom is 0.417 e. The van der Waals surface area contributed by atoms with Crippen molar-refractivity contribution in [2.75, 3.05) is 12.4 Å². The molecule has 0 saturated carbocycles. The highest BCUT2D eigenvalue weighted by molar-refractivity contribution is 5.99. The minimum atomic E-state index is -4.73. The number of nitrogens with one attached hydrogen (secondary N) is 1. The molecule has 3 aromatic rings. The molecule has 2 aromatic carbocycles. The lowest BCUT2D eigenvalue weighted by atomic mass is 9.77. The number of rotatable bonds is 12. The molecule has 0 radical (unpaired) electrons. The van der Waals surface area contributed by atoms with E-state index in [-0.39, 0.29) is 40.2 Å². The fourth-order valence-corrected chi connectivity index (χ4v) is 4.98. The van der Waals surface area contributed by atoms with Gasteiger partial charge in [0.05, 0.1) is 11.1 Å². The topological polar surface area (TPSA) is 45.2 Å². The molecule has 1 N–H and O–H groups in total. The van der Waals surface area contributed by atoms with Crippen molar-refractivity contribution < 1.29 is 35.5 Å². The predicted molar refractivity (Wildman–Crippen MR) is 166 cm³/mol. The molecular formula is C35H38F7N3O. The zero-order valence-electron chi connectivity index (χ0n) is 26.7. The summed E-state index contributed by atoms with van der Waals surface area (Å²) in [6.45, 7) is 12.1. The van der Waals surface area contributed by atoms with Crippen molar-refractivity contribution in [2.24, 2.45) is 5.41 Å². The van der Waals surface area contributed by atoms with Crippen LogP contribution >= 0.6 is 0 Å². The molecule has 248 valence electrons. The minimum Gasteiger partial charge on any atom is -0.355 e. The van der Waals surface area contributed by atoms with E-state index >= 15 is 0 Å². The molecule has 0 bridgehead atoms. The number of amides is 1. The van der Waals surface area contributed by atoms with Gasteiger partial charge in [-0.15, -0.1) is 0 Å². The molecule has 0 atom stereocenters. The standard InChI is InChI=1S/C35H38F7N3O/c1-8-9-15-33(4,5)21(2)30(32(46)45(7)20-23-11-10-12-28(36)31(23)37)22(3)44-29-14-13-25(34(6,38)39)17-27(29)24-16-26(19-43-18-24)35(40,41)42/h10-14,16-19,44H,3,8-9,15,20H2,1-2,4-7H3/b30-21-. The second-order valence-electron chi connectivity index (χ2n) is 12.1. The normalized spacial score (nSPS) is 12.9. The zero-order chi connectivity index (χ0) is 34.6. The number of carbonyl (C=O) groups is 1. The van der Waals surface area contributed by atoms with Crippen LogP contribution in [0.4, 0.5) is 36.4 Å². The number of benzene rings is 2. The van der Waals surface area contributed by atoms with Crippen molar-refractivity contribution in [3.63, 3.8) is 0 Å². The molecule has 0 aliphatic heterocycles. The summed E-state index contributed by atoms with van der Waals surface area (Å²) >= 11 is 0. The third-order valence-corrected chi connectivity index (χ3v) is 8.04. The second-order valence-corrected chi connectivity index (χ2v) is 12.1. The van der Waals surface area contributed by atoms with Gasteiger partial charge in [-0.3, -0.25) is 9.78 Å². The number of hydrogen-bond acceptors (Lipinski definition) is 3. The highest BCUT2D eigenvalue weighted by Crippen LogP contribution is 2.40. The van der Waals surface area contributed by atoms with E-state index in [2.05, 4.69) is 16.9 Å². The van der Waals surface area contributed by atoms with Crippen molar-refractivity contribution in [3.8, 4) is 11.1 Å². The van der Waals surface area contributed by atoms with Crippen LogP contribution in [0.5, 0.6) is 0 Å². The van der Waals surface area contributed by atoms with E-state index in [9.17, 15) is 35.5 Å². The van der Waals surface area contributed by atoms with Gasteiger partial charge < -0.3 is 10.2 Å². The molecule has 0 unspecified atom stereocenters. The quantitative estimate of drug-likeness (QED) is 0.121. The Morgan fingerprint density at radius 1 is 0.978 bits per heavy atom. The molecule has 46 heavy (non-hydrogen) atoms. The molecular weight excluding hydrogens is 611 g/mol. The Kier molecular flexibility index (Phi) is 11.1. The first-order valence-electron chi connectivity index (χ1n) is 14.7. The monoisotopic (exact) mass is 649 g/mol. The van der Waals surface area contributed by atoms with Crippen LogP contribution in [0, 0.1) is 17.0 Å². The summed E-state index contributed by atoms with van der Waals surface area (Å²) in [4.78, 5) is 18.9. The van der Waals surface area contributed by atoms with E-state index in [1.165, 1.54) is 30.1 Å². The van der Waals surface area contributed by atoms with Gasteiger partial charge in [0.1, 0.15) is 0 Å². The molecule has 1 heterocycles. The van der Waals surface area contributed by atoms with Crippen LogP contribution in [-0.4, -0.2) is 22.8 Å². The number of allylic oxidation sites excluding steroid dienone is 1. The molecule has 11 heteroatoms. The van der Waals surface area contributed by atoms with Crippen LogP contribution in [0.3, 0.4) is 0 Å². The summed E-state index contributed by atoms with van der Waals surface area (Å²) in [5.74, 6) is -6.04. The number of aromatic nitrogens is 1. The van der Waals surface area contributed by atoms with Gasteiger partial charge in [-0.25, -0.2) is 17.6 Å². The molecule has 0 aliphatic carbocycles. The molecule has 0 spiro atoms. The SMILES string of the molecule is C=C(Nc1ccc(C(C)(F)F)cc1-c1cncc(C(F)(F)F)c1)/C(C(=O)N(C)Cc1cccc(F)c1F)=C(\C)C(C)(C)CCCC. The van der Waals surface area contributed by atoms with Crippen molar-refractivity contribution in [3.05, 3.63) is 107 Å². The highest BCUT2D eigenvalue weighted by atomic mass is 19.4. The average molecular weight is 650 g/mol. The first-order chi connectivity index (χ1) is 21.3. The van der Waals surface area contributed by atoms with Crippen molar-refractivity contribution in [1.29, 1.82) is 0 Å². The van der Waals surface area contributed by atoms with E-state index in [4.69, 9.17) is 0 Å². The first-order valence-corrected chi connectivity index (χ1v) is 14.7. The summed E-state index contributed by atoms with van der Waals surface area (Å²) in [5, 5.41) is 2.99. The summed E-state index contributed by atoms with van der Waals surface area (Å²) in [5.41, 5.74) is -1.35. The second kappa shape index (κ2) is 14.1. The van der Waals surface area contributed by atoms with Gasteiger partial charge in [0.2, 0.25) is 0 Å². The number of alkyl halides is 5. The van der Waals surface area contributed by atoms with Crippen LogP contribution in [0.1, 0.15) is 70.6 Å². The first kappa shape index (κ1) is 36.3. The Bertz CT molecular complexity index is 1620. The third kappa shape index (κ3) is 8.55. The van der Waals surface area contributed by atoms with Crippen LogP contribution in [-0.2, 0) is 23.4 Å². The summed E-state index contributed by atoms with van der Waals surface area (Å²) in [6, 6.07) is 7.93. The van der Waals surface area contributed by atoms with Gasteiger partial charge >= 0.3 is 6.18 Å². The maximum absolute atomic E-state index is 14.5. The number of pyridine rings is 1. The number of carbonyl (C=O) groups excluding carboxylic acids is 1. The largest absolute Gasteiger partial charge is 0.417 e.